The van der Waals surface area contributed by atoms with Crippen LogP contribution in [0.1, 0.15) is 18.5 Å². The summed E-state index contributed by atoms with van der Waals surface area (Å²) in [4.78, 5) is 20.1. The molecule has 0 aliphatic carbocycles. The standard InChI is InChI=1S/C6H4O2Se/c7-3-5-1-2-6(4-8)9-5/h1-4H. The van der Waals surface area contributed by atoms with Gasteiger partial charge in [-0.15, -0.1) is 0 Å². The van der Waals surface area contributed by atoms with Gasteiger partial charge in [0, 0.05) is 0 Å². The van der Waals surface area contributed by atoms with Crippen molar-refractivity contribution in [2.75, 3.05) is 0 Å². The first-order valence-corrected chi connectivity index (χ1v) is 4.08. The number of hydrogen-bond acceptors (Lipinski definition) is 2. The molecule has 0 N–H and O–H groups in total. The molecule has 0 aromatic carbocycles. The summed E-state index contributed by atoms with van der Waals surface area (Å²) in [6.07, 6.45) is 1.60. The Morgan fingerprint density at radius 1 is 1.11 bits per heavy atom. The Morgan fingerprint density at radius 2 is 1.56 bits per heavy atom. The number of carbonyl (C=O) groups is 2. The molecule has 9 heavy (non-hydrogen) atoms. The molecule has 46 valence electrons. The van der Waals surface area contributed by atoms with E-state index in [0.29, 0.717) is 0 Å². The van der Waals surface area contributed by atoms with E-state index in [9.17, 15) is 9.59 Å². The zero-order valence-electron chi connectivity index (χ0n) is 4.53. The van der Waals surface area contributed by atoms with Crippen molar-refractivity contribution in [1.29, 1.82) is 0 Å². The topological polar surface area (TPSA) is 34.1 Å². The maximum absolute atomic E-state index is 10.1. The molecule has 3 heteroatoms. The predicted molar refractivity (Wildman–Crippen MR) is 34.2 cm³/mol. The maximum atomic E-state index is 10.1. The molecule has 1 aromatic heterocycles. The molecule has 0 saturated carbocycles. The van der Waals surface area contributed by atoms with Crippen LogP contribution >= 0.6 is 0 Å². The minimum absolute atomic E-state index is 0.0104. The molecule has 0 saturated heterocycles. The van der Waals surface area contributed by atoms with Crippen molar-refractivity contribution in [3.8, 4) is 0 Å². The molecule has 0 aliphatic heterocycles. The molecule has 1 heterocycles. The Morgan fingerprint density at radius 3 is 1.78 bits per heavy atom. The van der Waals surface area contributed by atoms with Gasteiger partial charge in [0.1, 0.15) is 0 Å². The van der Waals surface area contributed by atoms with Crippen molar-refractivity contribution in [1.82, 2.24) is 0 Å². The Kier molecular flexibility index (Phi) is 1.98. The summed E-state index contributed by atoms with van der Waals surface area (Å²) in [7, 11) is 0. The quantitative estimate of drug-likeness (QED) is 0.495. The molecule has 1 rings (SSSR count). The van der Waals surface area contributed by atoms with E-state index in [-0.39, 0.29) is 14.5 Å². The molecule has 0 amide bonds. The van der Waals surface area contributed by atoms with Crippen LogP contribution in [0.25, 0.3) is 0 Å². The molecule has 0 unspecified atom stereocenters. The summed E-state index contributed by atoms with van der Waals surface area (Å²) in [6.45, 7) is 0. The van der Waals surface area contributed by atoms with E-state index in [2.05, 4.69) is 0 Å². The Bertz CT molecular complexity index is 204. The Balaban J connectivity index is 2.98. The Hall–Kier alpha value is -0.661. The summed E-state index contributed by atoms with van der Waals surface area (Å²) in [5.74, 6) is 0. The molecule has 2 nitrogen and oxygen atoms in total. The van der Waals surface area contributed by atoms with Gasteiger partial charge in [-0.1, -0.05) is 0 Å². The van der Waals surface area contributed by atoms with E-state index >= 15 is 0 Å². The molecule has 1 aromatic rings. The van der Waals surface area contributed by atoms with E-state index in [1.165, 1.54) is 0 Å². The fourth-order valence-electron chi connectivity index (χ4n) is 0.495. The molecular formula is C6H4O2Se. The van der Waals surface area contributed by atoms with Crippen LogP contribution in [0.3, 0.4) is 0 Å². The van der Waals surface area contributed by atoms with Crippen LogP contribution in [0.2, 0.25) is 0 Å². The van der Waals surface area contributed by atoms with Gasteiger partial charge in [-0.2, -0.15) is 0 Å². The van der Waals surface area contributed by atoms with Gasteiger partial charge in [0.15, 0.2) is 0 Å². The molecule has 0 aliphatic rings. The number of aldehydes is 2. The van der Waals surface area contributed by atoms with E-state index in [0.717, 1.165) is 21.4 Å². The fraction of sp³-hybridized carbons (Fsp3) is 0. The van der Waals surface area contributed by atoms with Gasteiger partial charge in [-0.3, -0.25) is 0 Å². The van der Waals surface area contributed by atoms with Crippen molar-refractivity contribution in [3.63, 3.8) is 0 Å². The average molecular weight is 187 g/mol. The summed E-state index contributed by atoms with van der Waals surface area (Å²) >= 11 is -0.0104. The fourth-order valence-corrected chi connectivity index (χ4v) is 1.84. The van der Waals surface area contributed by atoms with Crippen molar-refractivity contribution in [3.05, 3.63) is 21.0 Å². The Labute approximate surface area is 58.2 Å². The monoisotopic (exact) mass is 188 g/mol. The third-order valence-corrected chi connectivity index (χ3v) is 2.84. The van der Waals surface area contributed by atoms with Crippen LogP contribution in [0.5, 0.6) is 0 Å². The van der Waals surface area contributed by atoms with E-state index in [1.807, 2.05) is 0 Å². The molecule has 0 bridgehead atoms. The minimum atomic E-state index is -0.0104. The summed E-state index contributed by atoms with van der Waals surface area (Å²) < 4.78 is 1.48. The second-order valence-electron chi connectivity index (χ2n) is 1.48. The molecular weight excluding hydrogens is 183 g/mol. The second kappa shape index (κ2) is 2.76. The van der Waals surface area contributed by atoms with Crippen LogP contribution in [-0.4, -0.2) is 27.1 Å². The first-order valence-electron chi connectivity index (χ1n) is 2.37. The van der Waals surface area contributed by atoms with Crippen LogP contribution in [0.4, 0.5) is 0 Å². The van der Waals surface area contributed by atoms with Gasteiger partial charge < -0.3 is 0 Å². The van der Waals surface area contributed by atoms with Crippen LogP contribution in [0, 0.1) is 0 Å². The number of hydrogen-bond donors (Lipinski definition) is 0. The third kappa shape index (κ3) is 1.37. The van der Waals surface area contributed by atoms with E-state index < -0.39 is 0 Å². The zero-order chi connectivity index (χ0) is 6.69. The average Bonchev–Trinajstić information content (AvgIpc) is 2.34. The van der Waals surface area contributed by atoms with E-state index in [4.69, 9.17) is 0 Å². The van der Waals surface area contributed by atoms with Gasteiger partial charge in [-0.05, 0) is 0 Å². The third-order valence-electron chi connectivity index (χ3n) is 0.880. The summed E-state index contributed by atoms with van der Waals surface area (Å²) in [5, 5.41) is 0. The van der Waals surface area contributed by atoms with Gasteiger partial charge in [-0.25, -0.2) is 0 Å². The van der Waals surface area contributed by atoms with E-state index in [1.54, 1.807) is 12.1 Å². The second-order valence-corrected chi connectivity index (χ2v) is 3.88. The van der Waals surface area contributed by atoms with Crippen LogP contribution in [0.15, 0.2) is 12.1 Å². The molecule has 0 spiro atoms. The summed E-state index contributed by atoms with van der Waals surface area (Å²) in [5.41, 5.74) is 0. The predicted octanol–water partition coefficient (Wildman–Crippen LogP) is 0.369. The first kappa shape index (κ1) is 6.46. The van der Waals surface area contributed by atoms with Gasteiger partial charge >= 0.3 is 57.7 Å². The summed E-state index contributed by atoms with van der Waals surface area (Å²) in [6, 6.07) is 3.38. The molecule has 0 radical (unpaired) electrons. The van der Waals surface area contributed by atoms with Gasteiger partial charge in [0.05, 0.1) is 0 Å². The van der Waals surface area contributed by atoms with Crippen molar-refractivity contribution >= 4 is 27.1 Å². The zero-order valence-corrected chi connectivity index (χ0v) is 6.25. The van der Waals surface area contributed by atoms with Crippen LogP contribution in [-0.2, 0) is 0 Å². The van der Waals surface area contributed by atoms with Crippen molar-refractivity contribution < 1.29 is 9.59 Å². The van der Waals surface area contributed by atoms with Gasteiger partial charge in [0.25, 0.3) is 0 Å². The molecule has 0 fully saturated rings. The first-order chi connectivity index (χ1) is 4.36. The van der Waals surface area contributed by atoms with Crippen molar-refractivity contribution in [2.45, 2.75) is 0 Å². The number of rotatable bonds is 2. The van der Waals surface area contributed by atoms with Crippen molar-refractivity contribution in [2.24, 2.45) is 0 Å². The van der Waals surface area contributed by atoms with Crippen LogP contribution < -0.4 is 0 Å². The van der Waals surface area contributed by atoms with Gasteiger partial charge in [0.2, 0.25) is 0 Å². The normalized spacial score (nSPS) is 8.89. The number of carbonyl (C=O) groups excluding carboxylic acids is 2. The SMILES string of the molecule is O=Cc1ccc(C=O)[se]1. The molecule has 0 atom stereocenters.